The van der Waals surface area contributed by atoms with Crippen LogP contribution in [0.25, 0.3) is 0 Å². The molecule has 1 aromatic heterocycles. The van der Waals surface area contributed by atoms with Crippen LogP contribution in [0.15, 0.2) is 10.5 Å². The molecule has 0 fully saturated rings. The number of nitrogens with two attached hydrogens (primary N) is 1. The van der Waals surface area contributed by atoms with Crippen LogP contribution in [0.2, 0.25) is 0 Å². The van der Waals surface area contributed by atoms with E-state index in [1.165, 1.54) is 0 Å². The fourth-order valence-electron chi connectivity index (χ4n) is 1.90. The van der Waals surface area contributed by atoms with Crippen molar-refractivity contribution in [3.05, 3.63) is 23.2 Å². The summed E-state index contributed by atoms with van der Waals surface area (Å²) in [6, 6.07) is 1.72. The molecular formula is C13H23N3O3. The molecule has 0 aromatic carbocycles. The average Bonchev–Trinajstić information content (AvgIpc) is 2.75. The Hall–Kier alpha value is -1.37. The van der Waals surface area contributed by atoms with E-state index in [0.717, 1.165) is 43.7 Å². The first-order valence-electron chi connectivity index (χ1n) is 6.48. The summed E-state index contributed by atoms with van der Waals surface area (Å²) < 4.78 is 5.36. The fourth-order valence-corrected chi connectivity index (χ4v) is 1.90. The summed E-state index contributed by atoms with van der Waals surface area (Å²) in [5.74, 6) is 5.63. The van der Waals surface area contributed by atoms with Crippen LogP contribution < -0.4 is 11.3 Å². The monoisotopic (exact) mass is 269 g/mol. The Morgan fingerprint density at radius 1 is 1.47 bits per heavy atom. The lowest BCUT2D eigenvalue weighted by Crippen LogP contribution is -2.29. The van der Waals surface area contributed by atoms with Crippen LogP contribution in [0.3, 0.4) is 0 Å². The van der Waals surface area contributed by atoms with E-state index in [4.69, 9.17) is 15.4 Å². The molecule has 6 heteroatoms. The van der Waals surface area contributed by atoms with Gasteiger partial charge in [-0.2, -0.15) is 0 Å². The van der Waals surface area contributed by atoms with E-state index in [2.05, 4.69) is 10.3 Å². The summed E-state index contributed by atoms with van der Waals surface area (Å²) in [5.41, 5.74) is 3.04. The molecule has 1 aromatic rings. The number of hydrogen-bond donors (Lipinski definition) is 3. The van der Waals surface area contributed by atoms with E-state index < -0.39 is 5.91 Å². The minimum atomic E-state index is -0.417. The maximum Gasteiger partial charge on any atom is 0.300 e. The first-order valence-corrected chi connectivity index (χ1v) is 6.48. The van der Waals surface area contributed by atoms with Crippen molar-refractivity contribution in [1.29, 1.82) is 0 Å². The highest BCUT2D eigenvalue weighted by atomic mass is 16.4. The van der Waals surface area contributed by atoms with Crippen molar-refractivity contribution in [1.82, 2.24) is 10.3 Å². The van der Waals surface area contributed by atoms with E-state index in [0.29, 0.717) is 0 Å². The number of unbranched alkanes of at least 4 members (excludes halogenated alkanes) is 2. The summed E-state index contributed by atoms with van der Waals surface area (Å²) in [6.45, 7) is 3.76. The van der Waals surface area contributed by atoms with Crippen molar-refractivity contribution in [2.45, 2.75) is 32.7 Å². The minimum absolute atomic E-state index is 0.240. The second-order valence-corrected chi connectivity index (χ2v) is 4.69. The molecule has 0 atom stereocenters. The summed E-state index contributed by atoms with van der Waals surface area (Å²) in [4.78, 5) is 13.5. The maximum atomic E-state index is 11.3. The summed E-state index contributed by atoms with van der Waals surface area (Å²) in [6.07, 6.45) is 2.91. The number of nitrogens with zero attached hydrogens (tertiary/aromatic N) is 1. The zero-order chi connectivity index (χ0) is 14.3. The number of hydrogen-bond acceptors (Lipinski definition) is 5. The SMILES string of the molecule is Cc1oc(C(=O)NN)cc1CN(C)CCCCCO. The van der Waals surface area contributed by atoms with E-state index in [1.54, 1.807) is 6.07 Å². The molecule has 108 valence electrons. The lowest BCUT2D eigenvalue weighted by Gasteiger charge is -2.15. The first kappa shape index (κ1) is 15.7. The van der Waals surface area contributed by atoms with Gasteiger partial charge in [-0.25, -0.2) is 5.84 Å². The Kier molecular flexibility index (Phi) is 6.55. The Bertz CT molecular complexity index is 404. The van der Waals surface area contributed by atoms with Crippen molar-refractivity contribution in [3.8, 4) is 0 Å². The van der Waals surface area contributed by atoms with Crippen LogP contribution in [0.4, 0.5) is 0 Å². The highest BCUT2D eigenvalue weighted by molar-refractivity contribution is 5.91. The smallest absolute Gasteiger partial charge is 0.300 e. The van der Waals surface area contributed by atoms with Gasteiger partial charge >= 0.3 is 5.91 Å². The lowest BCUT2D eigenvalue weighted by molar-refractivity contribution is 0.0924. The molecule has 0 bridgehead atoms. The van der Waals surface area contributed by atoms with Gasteiger partial charge < -0.3 is 14.4 Å². The van der Waals surface area contributed by atoms with Gasteiger partial charge in [-0.15, -0.1) is 0 Å². The third-order valence-electron chi connectivity index (χ3n) is 3.01. The second kappa shape index (κ2) is 7.93. The molecule has 19 heavy (non-hydrogen) atoms. The molecule has 6 nitrogen and oxygen atoms in total. The fraction of sp³-hybridized carbons (Fsp3) is 0.615. The van der Waals surface area contributed by atoms with E-state index in [-0.39, 0.29) is 12.4 Å². The zero-order valence-electron chi connectivity index (χ0n) is 11.6. The Morgan fingerprint density at radius 2 is 2.21 bits per heavy atom. The molecule has 0 radical (unpaired) electrons. The van der Waals surface area contributed by atoms with Crippen LogP contribution in [-0.2, 0) is 6.54 Å². The number of amides is 1. The lowest BCUT2D eigenvalue weighted by atomic mass is 10.2. The number of aliphatic hydroxyl groups is 1. The number of nitrogen functional groups attached to an aromatic ring is 1. The van der Waals surface area contributed by atoms with Crippen LogP contribution in [0, 0.1) is 6.92 Å². The third-order valence-corrected chi connectivity index (χ3v) is 3.01. The van der Waals surface area contributed by atoms with E-state index >= 15 is 0 Å². The van der Waals surface area contributed by atoms with Crippen molar-refractivity contribution >= 4 is 5.91 Å². The molecular weight excluding hydrogens is 246 g/mol. The largest absolute Gasteiger partial charge is 0.456 e. The van der Waals surface area contributed by atoms with Gasteiger partial charge in [0.25, 0.3) is 0 Å². The van der Waals surface area contributed by atoms with Crippen LogP contribution in [-0.4, -0.2) is 36.1 Å². The van der Waals surface area contributed by atoms with Crippen molar-refractivity contribution < 1.29 is 14.3 Å². The predicted octanol–water partition coefficient (Wildman–Crippen LogP) is 0.786. The van der Waals surface area contributed by atoms with Gasteiger partial charge in [0.2, 0.25) is 0 Å². The minimum Gasteiger partial charge on any atom is -0.456 e. The molecule has 0 unspecified atom stereocenters. The molecule has 0 saturated heterocycles. The highest BCUT2D eigenvalue weighted by Crippen LogP contribution is 2.16. The summed E-state index contributed by atoms with van der Waals surface area (Å²) in [7, 11) is 2.02. The Labute approximate surface area is 113 Å². The van der Waals surface area contributed by atoms with Crippen LogP contribution >= 0.6 is 0 Å². The van der Waals surface area contributed by atoms with Gasteiger partial charge in [-0.05, 0) is 45.8 Å². The number of carbonyl (C=O) groups is 1. The molecule has 0 saturated carbocycles. The quantitative estimate of drug-likeness (QED) is 0.281. The van der Waals surface area contributed by atoms with Gasteiger partial charge in [-0.3, -0.25) is 10.2 Å². The molecule has 1 amide bonds. The third kappa shape index (κ3) is 5.02. The van der Waals surface area contributed by atoms with E-state index in [9.17, 15) is 4.79 Å². The van der Waals surface area contributed by atoms with Gasteiger partial charge in [0.05, 0.1) is 0 Å². The van der Waals surface area contributed by atoms with Crippen molar-refractivity contribution in [2.24, 2.45) is 5.84 Å². The van der Waals surface area contributed by atoms with Gasteiger partial charge in [0.1, 0.15) is 5.76 Å². The van der Waals surface area contributed by atoms with E-state index in [1.807, 2.05) is 14.0 Å². The molecule has 4 N–H and O–H groups in total. The summed E-state index contributed by atoms with van der Waals surface area (Å²) >= 11 is 0. The average molecular weight is 269 g/mol. The molecule has 1 rings (SSSR count). The standard InChI is InChI=1S/C13H23N3O3/c1-10-11(8-12(19-10)13(18)15-14)9-16(2)6-4-3-5-7-17/h8,17H,3-7,9,14H2,1-2H3,(H,15,18). The maximum absolute atomic E-state index is 11.3. The van der Waals surface area contributed by atoms with Gasteiger partial charge in [0.15, 0.2) is 5.76 Å². The molecule has 0 aliphatic carbocycles. The number of aliphatic hydroxyl groups excluding tert-OH is 1. The number of aryl methyl sites for hydroxylation is 1. The highest BCUT2D eigenvalue weighted by Gasteiger charge is 2.14. The Balaban J connectivity index is 2.47. The number of nitrogens with one attached hydrogen (secondary N) is 1. The van der Waals surface area contributed by atoms with Crippen LogP contribution in [0.5, 0.6) is 0 Å². The topological polar surface area (TPSA) is 91.7 Å². The second-order valence-electron chi connectivity index (χ2n) is 4.69. The number of rotatable bonds is 8. The number of carbonyl (C=O) groups excluding carboxylic acids is 1. The molecule has 0 aliphatic heterocycles. The zero-order valence-corrected chi connectivity index (χ0v) is 11.6. The van der Waals surface area contributed by atoms with Crippen LogP contribution in [0.1, 0.15) is 41.1 Å². The number of furan rings is 1. The predicted molar refractivity (Wildman–Crippen MR) is 72.4 cm³/mol. The van der Waals surface area contributed by atoms with Crippen molar-refractivity contribution in [3.63, 3.8) is 0 Å². The molecule has 0 spiro atoms. The molecule has 0 aliphatic rings. The van der Waals surface area contributed by atoms with Crippen molar-refractivity contribution in [2.75, 3.05) is 20.2 Å². The number of hydrazine groups is 1. The summed E-state index contributed by atoms with van der Waals surface area (Å²) in [5, 5.41) is 8.71. The first-order chi connectivity index (χ1) is 9.08. The normalized spacial score (nSPS) is 11.0. The Morgan fingerprint density at radius 3 is 2.84 bits per heavy atom. The van der Waals surface area contributed by atoms with Gasteiger partial charge in [0, 0.05) is 18.7 Å². The molecule has 1 heterocycles. The van der Waals surface area contributed by atoms with Gasteiger partial charge in [-0.1, -0.05) is 0 Å².